The molecule has 0 aromatic carbocycles. The number of hydrogen-bond acceptors (Lipinski definition) is 4. The fourth-order valence-electron chi connectivity index (χ4n) is 3.33. The Balaban J connectivity index is 1.59. The highest BCUT2D eigenvalue weighted by molar-refractivity contribution is 5.14. The lowest BCUT2D eigenvalue weighted by Crippen LogP contribution is -2.47. The molecule has 2 unspecified atom stereocenters. The highest BCUT2D eigenvalue weighted by Crippen LogP contribution is 2.30. The van der Waals surface area contributed by atoms with Gasteiger partial charge in [0.2, 0.25) is 0 Å². The molecule has 0 spiro atoms. The van der Waals surface area contributed by atoms with Crippen molar-refractivity contribution in [1.29, 1.82) is 0 Å². The SMILES string of the molecule is CCNCc1ccc(CN2CCOC3CCCC32)nc1. The number of nitrogens with zero attached hydrogens (tertiary/aromatic N) is 2. The minimum atomic E-state index is 0.469. The van der Waals surface area contributed by atoms with Crippen molar-refractivity contribution < 1.29 is 4.74 Å². The van der Waals surface area contributed by atoms with Crippen LogP contribution in [0.25, 0.3) is 0 Å². The van der Waals surface area contributed by atoms with E-state index in [0.29, 0.717) is 12.1 Å². The van der Waals surface area contributed by atoms with E-state index in [4.69, 9.17) is 4.74 Å². The zero-order valence-electron chi connectivity index (χ0n) is 12.3. The Labute approximate surface area is 121 Å². The Kier molecular flexibility index (Phi) is 4.65. The van der Waals surface area contributed by atoms with Crippen LogP contribution in [0.4, 0.5) is 0 Å². The molecule has 3 rings (SSSR count). The Morgan fingerprint density at radius 1 is 1.40 bits per heavy atom. The summed E-state index contributed by atoms with van der Waals surface area (Å²) in [5, 5.41) is 3.33. The van der Waals surface area contributed by atoms with E-state index < -0.39 is 0 Å². The number of morpholine rings is 1. The number of aromatic nitrogens is 1. The smallest absolute Gasteiger partial charge is 0.0731 e. The molecular weight excluding hydrogens is 250 g/mol. The molecule has 2 fully saturated rings. The van der Waals surface area contributed by atoms with Crippen LogP contribution in [0.3, 0.4) is 0 Å². The second-order valence-electron chi connectivity index (χ2n) is 5.82. The van der Waals surface area contributed by atoms with Crippen molar-refractivity contribution in [3.63, 3.8) is 0 Å². The summed E-state index contributed by atoms with van der Waals surface area (Å²) in [4.78, 5) is 7.18. The van der Waals surface area contributed by atoms with Gasteiger partial charge in [0, 0.05) is 31.9 Å². The van der Waals surface area contributed by atoms with E-state index in [2.05, 4.69) is 34.3 Å². The van der Waals surface area contributed by atoms with E-state index in [1.807, 2.05) is 6.20 Å². The second kappa shape index (κ2) is 6.66. The maximum atomic E-state index is 5.86. The average molecular weight is 275 g/mol. The molecule has 0 radical (unpaired) electrons. The zero-order valence-corrected chi connectivity index (χ0v) is 12.3. The topological polar surface area (TPSA) is 37.4 Å². The highest BCUT2D eigenvalue weighted by Gasteiger charge is 2.35. The summed E-state index contributed by atoms with van der Waals surface area (Å²) >= 11 is 0. The van der Waals surface area contributed by atoms with Crippen molar-refractivity contribution >= 4 is 0 Å². The summed E-state index contributed by atoms with van der Waals surface area (Å²) in [7, 11) is 0. The third-order valence-corrected chi connectivity index (χ3v) is 4.43. The molecule has 110 valence electrons. The van der Waals surface area contributed by atoms with Gasteiger partial charge in [-0.1, -0.05) is 13.0 Å². The molecule has 20 heavy (non-hydrogen) atoms. The van der Waals surface area contributed by atoms with Crippen molar-refractivity contribution in [3.05, 3.63) is 29.6 Å². The third kappa shape index (κ3) is 3.19. The molecule has 1 aliphatic carbocycles. The van der Waals surface area contributed by atoms with Crippen molar-refractivity contribution in [2.24, 2.45) is 0 Å². The van der Waals surface area contributed by atoms with Gasteiger partial charge in [0.05, 0.1) is 18.4 Å². The maximum absolute atomic E-state index is 5.86. The average Bonchev–Trinajstić information content (AvgIpc) is 2.96. The molecule has 2 aliphatic rings. The molecule has 1 saturated carbocycles. The number of rotatable bonds is 5. The minimum Gasteiger partial charge on any atom is -0.375 e. The number of nitrogens with one attached hydrogen (secondary N) is 1. The Bertz CT molecular complexity index is 420. The van der Waals surface area contributed by atoms with Gasteiger partial charge in [0.15, 0.2) is 0 Å². The summed E-state index contributed by atoms with van der Waals surface area (Å²) in [5.41, 5.74) is 2.44. The maximum Gasteiger partial charge on any atom is 0.0731 e. The lowest BCUT2D eigenvalue weighted by molar-refractivity contribution is -0.0592. The molecule has 1 aromatic heterocycles. The van der Waals surface area contributed by atoms with Gasteiger partial charge in [0.25, 0.3) is 0 Å². The van der Waals surface area contributed by atoms with Crippen LogP contribution in [-0.2, 0) is 17.8 Å². The van der Waals surface area contributed by atoms with Gasteiger partial charge in [-0.25, -0.2) is 0 Å². The number of hydrogen-bond donors (Lipinski definition) is 1. The first-order valence-corrected chi connectivity index (χ1v) is 7.87. The first-order chi connectivity index (χ1) is 9.86. The van der Waals surface area contributed by atoms with E-state index in [-0.39, 0.29) is 0 Å². The molecule has 2 heterocycles. The van der Waals surface area contributed by atoms with Crippen LogP contribution in [0.5, 0.6) is 0 Å². The van der Waals surface area contributed by atoms with Crippen LogP contribution < -0.4 is 5.32 Å². The highest BCUT2D eigenvalue weighted by atomic mass is 16.5. The van der Waals surface area contributed by atoms with Gasteiger partial charge in [-0.2, -0.15) is 0 Å². The van der Waals surface area contributed by atoms with Crippen LogP contribution >= 0.6 is 0 Å². The summed E-state index contributed by atoms with van der Waals surface area (Å²) in [6.07, 6.45) is 6.29. The van der Waals surface area contributed by atoms with Gasteiger partial charge in [-0.15, -0.1) is 0 Å². The van der Waals surface area contributed by atoms with E-state index in [1.165, 1.54) is 30.5 Å². The van der Waals surface area contributed by atoms with E-state index in [0.717, 1.165) is 32.8 Å². The zero-order chi connectivity index (χ0) is 13.8. The molecule has 0 bridgehead atoms. The van der Waals surface area contributed by atoms with E-state index in [1.54, 1.807) is 0 Å². The summed E-state index contributed by atoms with van der Waals surface area (Å²) in [5.74, 6) is 0. The molecule has 1 aromatic rings. The molecule has 2 atom stereocenters. The molecule has 1 N–H and O–H groups in total. The molecule has 1 aliphatic heterocycles. The first-order valence-electron chi connectivity index (χ1n) is 7.87. The van der Waals surface area contributed by atoms with Crippen molar-refractivity contribution in [2.45, 2.75) is 51.4 Å². The van der Waals surface area contributed by atoms with Crippen molar-refractivity contribution in [2.75, 3.05) is 19.7 Å². The fraction of sp³-hybridized carbons (Fsp3) is 0.688. The third-order valence-electron chi connectivity index (χ3n) is 4.43. The number of fused-ring (bicyclic) bond motifs is 1. The molecule has 4 nitrogen and oxygen atoms in total. The monoisotopic (exact) mass is 275 g/mol. The number of ether oxygens (including phenoxy) is 1. The largest absolute Gasteiger partial charge is 0.375 e. The molecular formula is C16H25N3O. The second-order valence-corrected chi connectivity index (χ2v) is 5.82. The van der Waals surface area contributed by atoms with Gasteiger partial charge in [-0.3, -0.25) is 9.88 Å². The van der Waals surface area contributed by atoms with Crippen molar-refractivity contribution in [3.8, 4) is 0 Å². The summed E-state index contributed by atoms with van der Waals surface area (Å²) < 4.78 is 5.86. The predicted molar refractivity (Wildman–Crippen MR) is 79.4 cm³/mol. The normalized spacial score (nSPS) is 26.6. The fourth-order valence-corrected chi connectivity index (χ4v) is 3.33. The lowest BCUT2D eigenvalue weighted by atomic mass is 10.1. The van der Waals surface area contributed by atoms with Crippen LogP contribution in [0, 0.1) is 0 Å². The van der Waals surface area contributed by atoms with Gasteiger partial charge >= 0.3 is 0 Å². The predicted octanol–water partition coefficient (Wildman–Crippen LogP) is 1.94. The van der Waals surface area contributed by atoms with E-state index in [9.17, 15) is 0 Å². The van der Waals surface area contributed by atoms with Crippen molar-refractivity contribution in [1.82, 2.24) is 15.2 Å². The first kappa shape index (κ1) is 14.0. The number of pyridine rings is 1. The van der Waals surface area contributed by atoms with Crippen LogP contribution in [0.15, 0.2) is 18.3 Å². The van der Waals surface area contributed by atoms with Gasteiger partial charge < -0.3 is 10.1 Å². The quantitative estimate of drug-likeness (QED) is 0.891. The van der Waals surface area contributed by atoms with Crippen LogP contribution in [-0.4, -0.2) is 41.7 Å². The van der Waals surface area contributed by atoms with E-state index >= 15 is 0 Å². The van der Waals surface area contributed by atoms with Crippen LogP contribution in [0.1, 0.15) is 37.4 Å². The minimum absolute atomic E-state index is 0.469. The van der Waals surface area contributed by atoms with Gasteiger partial charge in [-0.05, 0) is 37.4 Å². The van der Waals surface area contributed by atoms with Crippen LogP contribution in [0.2, 0.25) is 0 Å². The standard InChI is InChI=1S/C16H25N3O/c1-2-17-10-13-6-7-14(18-11-13)12-19-8-9-20-16-5-3-4-15(16)19/h6-7,11,15-17H,2-5,8-10,12H2,1H3. The van der Waals surface area contributed by atoms with Gasteiger partial charge in [0.1, 0.15) is 0 Å². The Hall–Kier alpha value is -0.970. The molecule has 1 saturated heterocycles. The Morgan fingerprint density at radius 2 is 2.35 bits per heavy atom. The molecule has 4 heteroatoms. The summed E-state index contributed by atoms with van der Waals surface area (Å²) in [6, 6.07) is 4.98. The summed E-state index contributed by atoms with van der Waals surface area (Å²) in [6.45, 7) is 6.91. The Morgan fingerprint density at radius 3 is 3.15 bits per heavy atom. The molecule has 0 amide bonds. The lowest BCUT2D eigenvalue weighted by Gasteiger charge is -2.37.